The van der Waals surface area contributed by atoms with Gasteiger partial charge in [-0.15, -0.1) is 0 Å². The molecule has 0 bridgehead atoms. The maximum atomic E-state index is 10.6. The normalized spacial score (nSPS) is 10.8. The molecule has 0 saturated heterocycles. The van der Waals surface area contributed by atoms with Crippen molar-refractivity contribution >= 4 is 22.9 Å². The zero-order valence-electron chi connectivity index (χ0n) is 9.65. The summed E-state index contributed by atoms with van der Waals surface area (Å²) in [6, 6.07) is 11.8. The maximum absolute atomic E-state index is 10.6. The van der Waals surface area contributed by atoms with Gasteiger partial charge in [0, 0.05) is 23.9 Å². The lowest BCUT2D eigenvalue weighted by molar-refractivity contribution is -0.384. The van der Waals surface area contributed by atoms with Gasteiger partial charge in [-0.1, -0.05) is 17.7 Å². The van der Waals surface area contributed by atoms with E-state index in [1.165, 1.54) is 12.1 Å². The second kappa shape index (κ2) is 4.37. The predicted molar refractivity (Wildman–Crippen MR) is 72.3 cm³/mol. The topological polar surface area (TPSA) is 60.4 Å². The number of halogens is 1. The van der Waals surface area contributed by atoms with Crippen molar-refractivity contribution in [3.8, 4) is 11.3 Å². The van der Waals surface area contributed by atoms with Crippen LogP contribution in [0.1, 0.15) is 0 Å². The standard InChI is InChI=1S/C13H8ClN3O2/c14-13-12(15-11-3-1-2-8-16(11)13)9-4-6-10(7-5-9)17(18)19/h1-8H. The Kier molecular flexibility index (Phi) is 2.68. The lowest BCUT2D eigenvalue weighted by atomic mass is 10.1. The van der Waals surface area contributed by atoms with E-state index in [4.69, 9.17) is 11.6 Å². The molecule has 0 aliphatic carbocycles. The fraction of sp³-hybridized carbons (Fsp3) is 0. The van der Waals surface area contributed by atoms with Crippen molar-refractivity contribution in [2.75, 3.05) is 0 Å². The fourth-order valence-corrected chi connectivity index (χ4v) is 2.18. The molecule has 0 aliphatic heterocycles. The van der Waals surface area contributed by atoms with E-state index >= 15 is 0 Å². The summed E-state index contributed by atoms with van der Waals surface area (Å²) in [6.07, 6.45) is 1.82. The van der Waals surface area contributed by atoms with E-state index in [-0.39, 0.29) is 5.69 Å². The molecule has 3 rings (SSSR count). The number of hydrogen-bond acceptors (Lipinski definition) is 3. The fourth-order valence-electron chi connectivity index (χ4n) is 1.89. The molecule has 6 heteroatoms. The molecule has 3 aromatic rings. The zero-order valence-corrected chi connectivity index (χ0v) is 10.4. The minimum Gasteiger partial charge on any atom is -0.290 e. The molecule has 2 heterocycles. The van der Waals surface area contributed by atoms with Crippen molar-refractivity contribution in [3.05, 3.63) is 63.9 Å². The molecule has 0 spiro atoms. The van der Waals surface area contributed by atoms with Crippen LogP contribution in [0.2, 0.25) is 5.15 Å². The summed E-state index contributed by atoms with van der Waals surface area (Å²) >= 11 is 6.26. The summed E-state index contributed by atoms with van der Waals surface area (Å²) < 4.78 is 1.76. The maximum Gasteiger partial charge on any atom is 0.269 e. The molecule has 0 atom stereocenters. The number of imidazole rings is 1. The van der Waals surface area contributed by atoms with E-state index in [0.29, 0.717) is 10.8 Å². The Bertz CT molecular complexity index is 765. The van der Waals surface area contributed by atoms with Crippen LogP contribution in [0.15, 0.2) is 48.7 Å². The van der Waals surface area contributed by atoms with Crippen LogP contribution >= 0.6 is 11.6 Å². The Labute approximate surface area is 113 Å². The first kappa shape index (κ1) is 11.7. The Balaban J connectivity index is 2.13. The number of nitro benzene ring substituents is 1. The zero-order chi connectivity index (χ0) is 13.4. The number of nitro groups is 1. The molecule has 0 aliphatic rings. The van der Waals surface area contributed by atoms with Gasteiger partial charge in [0.05, 0.1) is 4.92 Å². The summed E-state index contributed by atoms with van der Waals surface area (Å²) in [5.41, 5.74) is 2.14. The van der Waals surface area contributed by atoms with E-state index in [2.05, 4.69) is 4.98 Å². The van der Waals surface area contributed by atoms with Crippen LogP contribution < -0.4 is 0 Å². The number of pyridine rings is 1. The first-order chi connectivity index (χ1) is 9.16. The Morgan fingerprint density at radius 2 is 1.89 bits per heavy atom. The molecule has 0 saturated carbocycles. The summed E-state index contributed by atoms with van der Waals surface area (Å²) in [5, 5.41) is 11.1. The van der Waals surface area contributed by atoms with E-state index in [1.807, 2.05) is 24.4 Å². The van der Waals surface area contributed by atoms with Crippen molar-refractivity contribution in [3.63, 3.8) is 0 Å². The van der Waals surface area contributed by atoms with Gasteiger partial charge in [0.1, 0.15) is 16.5 Å². The predicted octanol–water partition coefficient (Wildman–Crippen LogP) is 3.56. The van der Waals surface area contributed by atoms with Gasteiger partial charge in [-0.25, -0.2) is 4.98 Å². The van der Waals surface area contributed by atoms with Crippen LogP contribution in [-0.4, -0.2) is 14.3 Å². The largest absolute Gasteiger partial charge is 0.290 e. The van der Waals surface area contributed by atoms with Gasteiger partial charge >= 0.3 is 0 Å². The molecule has 0 radical (unpaired) electrons. The molecule has 19 heavy (non-hydrogen) atoms. The van der Waals surface area contributed by atoms with E-state index in [0.717, 1.165) is 11.2 Å². The summed E-state index contributed by atoms with van der Waals surface area (Å²) in [6.45, 7) is 0. The third kappa shape index (κ3) is 1.94. The molecule has 0 N–H and O–H groups in total. The van der Waals surface area contributed by atoms with Crippen LogP contribution in [0.25, 0.3) is 16.9 Å². The molecule has 0 unspecified atom stereocenters. The van der Waals surface area contributed by atoms with Gasteiger partial charge in [-0.2, -0.15) is 0 Å². The highest BCUT2D eigenvalue weighted by Gasteiger charge is 2.13. The molecular weight excluding hydrogens is 266 g/mol. The third-order valence-electron chi connectivity index (χ3n) is 2.82. The lowest BCUT2D eigenvalue weighted by Crippen LogP contribution is -1.87. The van der Waals surface area contributed by atoms with Crippen LogP contribution in [0.3, 0.4) is 0 Å². The number of benzene rings is 1. The van der Waals surface area contributed by atoms with Gasteiger partial charge < -0.3 is 0 Å². The number of hydrogen-bond donors (Lipinski definition) is 0. The number of nitrogens with zero attached hydrogens (tertiary/aromatic N) is 3. The smallest absolute Gasteiger partial charge is 0.269 e. The molecule has 0 fully saturated rings. The second-order valence-electron chi connectivity index (χ2n) is 3.98. The van der Waals surface area contributed by atoms with Crippen molar-refractivity contribution in [1.29, 1.82) is 0 Å². The highest BCUT2D eigenvalue weighted by Crippen LogP contribution is 2.29. The van der Waals surface area contributed by atoms with Gasteiger partial charge in [0.2, 0.25) is 0 Å². The number of rotatable bonds is 2. The van der Waals surface area contributed by atoms with Gasteiger partial charge in [0.25, 0.3) is 5.69 Å². The molecule has 0 amide bonds. The van der Waals surface area contributed by atoms with Gasteiger partial charge in [-0.05, 0) is 24.3 Å². The van der Waals surface area contributed by atoms with E-state index in [1.54, 1.807) is 16.5 Å². The second-order valence-corrected chi connectivity index (χ2v) is 4.34. The van der Waals surface area contributed by atoms with Crippen molar-refractivity contribution < 1.29 is 4.92 Å². The van der Waals surface area contributed by atoms with Crippen LogP contribution in [-0.2, 0) is 0 Å². The van der Waals surface area contributed by atoms with Crippen LogP contribution in [0, 0.1) is 10.1 Å². The van der Waals surface area contributed by atoms with Gasteiger partial charge in [0.15, 0.2) is 0 Å². The average Bonchev–Trinajstić information content (AvgIpc) is 2.77. The van der Waals surface area contributed by atoms with E-state index in [9.17, 15) is 10.1 Å². The highest BCUT2D eigenvalue weighted by molar-refractivity contribution is 6.32. The van der Waals surface area contributed by atoms with E-state index < -0.39 is 4.92 Å². The first-order valence-electron chi connectivity index (χ1n) is 5.54. The Morgan fingerprint density at radius 3 is 2.53 bits per heavy atom. The summed E-state index contributed by atoms with van der Waals surface area (Å²) in [7, 11) is 0. The summed E-state index contributed by atoms with van der Waals surface area (Å²) in [5.74, 6) is 0. The quantitative estimate of drug-likeness (QED) is 0.530. The first-order valence-corrected chi connectivity index (χ1v) is 5.92. The average molecular weight is 274 g/mol. The number of fused-ring (bicyclic) bond motifs is 1. The Morgan fingerprint density at radius 1 is 1.16 bits per heavy atom. The number of aromatic nitrogens is 2. The minimum atomic E-state index is -0.435. The third-order valence-corrected chi connectivity index (χ3v) is 3.18. The summed E-state index contributed by atoms with van der Waals surface area (Å²) in [4.78, 5) is 14.6. The highest BCUT2D eigenvalue weighted by atomic mass is 35.5. The Hall–Kier alpha value is -2.40. The molecular formula is C13H8ClN3O2. The monoisotopic (exact) mass is 273 g/mol. The van der Waals surface area contributed by atoms with Crippen molar-refractivity contribution in [2.45, 2.75) is 0 Å². The van der Waals surface area contributed by atoms with Crippen LogP contribution in [0.4, 0.5) is 5.69 Å². The van der Waals surface area contributed by atoms with Crippen LogP contribution in [0.5, 0.6) is 0 Å². The lowest BCUT2D eigenvalue weighted by Gasteiger charge is -1.97. The molecule has 1 aromatic carbocycles. The van der Waals surface area contributed by atoms with Gasteiger partial charge in [-0.3, -0.25) is 14.5 Å². The van der Waals surface area contributed by atoms with Crippen molar-refractivity contribution in [2.24, 2.45) is 0 Å². The molecule has 5 nitrogen and oxygen atoms in total. The van der Waals surface area contributed by atoms with Crippen molar-refractivity contribution in [1.82, 2.24) is 9.38 Å². The molecule has 2 aromatic heterocycles. The minimum absolute atomic E-state index is 0.0450. The number of non-ortho nitro benzene ring substituents is 1. The molecule has 94 valence electrons. The SMILES string of the molecule is O=[N+]([O-])c1ccc(-c2nc3ccccn3c2Cl)cc1.